The SMILES string of the molecule is Cc1cc(S(=O)(=O)NC2CCCCC2)ccc1OCC(=O)N1CCN(C/C=C/c2ccccc2)CC1. The first-order valence-electron chi connectivity index (χ1n) is 12.9. The van der Waals surface area contributed by atoms with Crippen LogP contribution in [0.3, 0.4) is 0 Å². The minimum Gasteiger partial charge on any atom is -0.483 e. The van der Waals surface area contributed by atoms with E-state index in [0.29, 0.717) is 24.4 Å². The van der Waals surface area contributed by atoms with E-state index in [1.54, 1.807) is 25.1 Å². The number of sulfonamides is 1. The summed E-state index contributed by atoms with van der Waals surface area (Å²) in [6.45, 7) is 5.60. The zero-order chi connectivity index (χ0) is 25.4. The molecule has 1 saturated heterocycles. The first-order chi connectivity index (χ1) is 17.4. The molecule has 0 atom stereocenters. The molecule has 0 bridgehead atoms. The second kappa shape index (κ2) is 12.5. The van der Waals surface area contributed by atoms with E-state index >= 15 is 0 Å². The molecule has 0 radical (unpaired) electrons. The molecule has 1 heterocycles. The number of amides is 1. The molecule has 7 nitrogen and oxygen atoms in total. The standard InChI is InChI=1S/C28H37N3O4S/c1-23-21-26(36(33,34)29-25-12-6-3-7-13-25)14-15-27(23)35-22-28(32)31-19-17-30(18-20-31)16-8-11-24-9-4-2-5-10-24/h2,4-5,8-11,14-15,21,25,29H,3,6-7,12-13,16-20,22H2,1H3/b11-8+. The van der Waals surface area contributed by atoms with E-state index in [2.05, 4.69) is 33.9 Å². The van der Waals surface area contributed by atoms with Gasteiger partial charge < -0.3 is 9.64 Å². The highest BCUT2D eigenvalue weighted by molar-refractivity contribution is 7.89. The fraction of sp³-hybridized carbons (Fsp3) is 0.464. The lowest BCUT2D eigenvalue weighted by Crippen LogP contribution is -2.49. The largest absolute Gasteiger partial charge is 0.483 e. The van der Waals surface area contributed by atoms with E-state index in [0.717, 1.165) is 45.3 Å². The maximum atomic E-state index is 12.8. The lowest BCUT2D eigenvalue weighted by atomic mass is 9.96. The Labute approximate surface area is 215 Å². The molecule has 2 aromatic rings. The Bertz CT molecular complexity index is 1140. The van der Waals surface area contributed by atoms with Crippen molar-refractivity contribution in [3.63, 3.8) is 0 Å². The van der Waals surface area contributed by atoms with Crippen LogP contribution in [-0.2, 0) is 14.8 Å². The molecular formula is C28H37N3O4S. The normalized spacial score (nSPS) is 18.0. The number of piperazine rings is 1. The van der Waals surface area contributed by atoms with Gasteiger partial charge in [-0.3, -0.25) is 9.69 Å². The van der Waals surface area contributed by atoms with E-state index < -0.39 is 10.0 Å². The molecule has 4 rings (SSSR count). The highest BCUT2D eigenvalue weighted by Gasteiger charge is 2.23. The van der Waals surface area contributed by atoms with Crippen LogP contribution in [0, 0.1) is 6.92 Å². The quantitative estimate of drug-likeness (QED) is 0.553. The second-order valence-corrected chi connectivity index (χ2v) is 11.4. The van der Waals surface area contributed by atoms with Gasteiger partial charge in [0.05, 0.1) is 4.90 Å². The second-order valence-electron chi connectivity index (χ2n) is 9.67. The summed E-state index contributed by atoms with van der Waals surface area (Å²) < 4.78 is 34.2. The van der Waals surface area contributed by atoms with Crippen molar-refractivity contribution in [2.24, 2.45) is 0 Å². The third-order valence-corrected chi connectivity index (χ3v) is 8.45. The summed E-state index contributed by atoms with van der Waals surface area (Å²) in [4.78, 5) is 17.1. The third-order valence-electron chi connectivity index (χ3n) is 6.93. The monoisotopic (exact) mass is 511 g/mol. The van der Waals surface area contributed by atoms with Crippen LogP contribution < -0.4 is 9.46 Å². The number of carbonyl (C=O) groups excluding carboxylic acids is 1. The number of nitrogens with one attached hydrogen (secondary N) is 1. The van der Waals surface area contributed by atoms with E-state index in [1.165, 1.54) is 12.0 Å². The van der Waals surface area contributed by atoms with Crippen LogP contribution in [0.4, 0.5) is 0 Å². The van der Waals surface area contributed by atoms with E-state index in [4.69, 9.17) is 4.74 Å². The molecule has 1 saturated carbocycles. The van der Waals surface area contributed by atoms with Gasteiger partial charge in [0.25, 0.3) is 5.91 Å². The van der Waals surface area contributed by atoms with Gasteiger partial charge in [-0.05, 0) is 49.1 Å². The molecule has 2 fully saturated rings. The van der Waals surface area contributed by atoms with Crippen LogP contribution in [-0.4, -0.2) is 69.5 Å². The van der Waals surface area contributed by atoms with Gasteiger partial charge in [-0.2, -0.15) is 0 Å². The van der Waals surface area contributed by atoms with Crippen molar-refractivity contribution in [1.29, 1.82) is 0 Å². The summed E-state index contributed by atoms with van der Waals surface area (Å²) in [5.74, 6) is 0.481. The fourth-order valence-corrected chi connectivity index (χ4v) is 6.16. The van der Waals surface area contributed by atoms with Crippen LogP contribution >= 0.6 is 0 Å². The number of rotatable bonds is 9. The zero-order valence-corrected chi connectivity index (χ0v) is 21.9. The number of hydrogen-bond acceptors (Lipinski definition) is 5. The van der Waals surface area contributed by atoms with E-state index in [-0.39, 0.29) is 23.5 Å². The molecule has 36 heavy (non-hydrogen) atoms. The number of nitrogens with zero attached hydrogens (tertiary/aromatic N) is 2. The van der Waals surface area contributed by atoms with Crippen molar-refractivity contribution >= 4 is 22.0 Å². The van der Waals surface area contributed by atoms with E-state index in [9.17, 15) is 13.2 Å². The van der Waals surface area contributed by atoms with Gasteiger partial charge in [-0.15, -0.1) is 0 Å². The highest BCUT2D eigenvalue weighted by Crippen LogP contribution is 2.24. The predicted octanol–water partition coefficient (Wildman–Crippen LogP) is 3.84. The summed E-state index contributed by atoms with van der Waals surface area (Å²) in [6, 6.07) is 15.1. The van der Waals surface area contributed by atoms with Gasteiger partial charge in [0, 0.05) is 38.8 Å². The molecule has 0 unspecified atom stereocenters. The molecule has 194 valence electrons. The Balaban J connectivity index is 1.22. The van der Waals surface area contributed by atoms with Gasteiger partial charge in [-0.1, -0.05) is 61.7 Å². The lowest BCUT2D eigenvalue weighted by Gasteiger charge is -2.34. The van der Waals surface area contributed by atoms with Crippen LogP contribution in [0.1, 0.15) is 43.2 Å². The van der Waals surface area contributed by atoms with Gasteiger partial charge in [0.2, 0.25) is 10.0 Å². The number of benzene rings is 2. The first-order valence-corrected chi connectivity index (χ1v) is 14.4. The minimum absolute atomic E-state index is 0.0120. The Kier molecular flexibility index (Phi) is 9.18. The van der Waals surface area contributed by atoms with Gasteiger partial charge in [0.1, 0.15) is 5.75 Å². The van der Waals surface area contributed by atoms with Crippen molar-refractivity contribution in [1.82, 2.24) is 14.5 Å². The van der Waals surface area contributed by atoms with Crippen LogP contribution in [0.15, 0.2) is 59.5 Å². The Morgan fingerprint density at radius 1 is 1.03 bits per heavy atom. The highest BCUT2D eigenvalue weighted by atomic mass is 32.2. The van der Waals surface area contributed by atoms with Crippen LogP contribution in [0.5, 0.6) is 5.75 Å². The van der Waals surface area contributed by atoms with Gasteiger partial charge in [-0.25, -0.2) is 13.1 Å². The summed E-state index contributed by atoms with van der Waals surface area (Å²) in [5, 5.41) is 0. The fourth-order valence-electron chi connectivity index (χ4n) is 4.77. The molecule has 1 aliphatic carbocycles. The first kappa shape index (κ1) is 26.4. The number of aryl methyl sites for hydroxylation is 1. The minimum atomic E-state index is -3.57. The average molecular weight is 512 g/mol. The van der Waals surface area contributed by atoms with Crippen molar-refractivity contribution in [3.8, 4) is 5.75 Å². The molecule has 8 heteroatoms. The molecule has 2 aromatic carbocycles. The molecule has 0 spiro atoms. The lowest BCUT2D eigenvalue weighted by molar-refractivity contribution is -0.135. The molecule has 2 aliphatic rings. The molecular weight excluding hydrogens is 474 g/mol. The Morgan fingerprint density at radius 3 is 2.44 bits per heavy atom. The summed E-state index contributed by atoms with van der Waals surface area (Å²) >= 11 is 0. The summed E-state index contributed by atoms with van der Waals surface area (Å²) in [7, 11) is -3.57. The van der Waals surface area contributed by atoms with E-state index in [1.807, 2.05) is 23.1 Å². The van der Waals surface area contributed by atoms with Crippen molar-refractivity contribution < 1.29 is 17.9 Å². The van der Waals surface area contributed by atoms with Gasteiger partial charge in [0.15, 0.2) is 6.61 Å². The number of carbonyl (C=O) groups is 1. The molecule has 0 aromatic heterocycles. The van der Waals surface area contributed by atoms with Gasteiger partial charge >= 0.3 is 0 Å². The average Bonchev–Trinajstić information content (AvgIpc) is 2.89. The van der Waals surface area contributed by atoms with Crippen molar-refractivity contribution in [2.45, 2.75) is 50.0 Å². The van der Waals surface area contributed by atoms with Crippen LogP contribution in [0.25, 0.3) is 6.08 Å². The summed E-state index contributed by atoms with van der Waals surface area (Å²) in [5.41, 5.74) is 1.88. The zero-order valence-electron chi connectivity index (χ0n) is 21.1. The Hall–Kier alpha value is -2.68. The summed E-state index contributed by atoms with van der Waals surface area (Å²) in [6.07, 6.45) is 9.36. The predicted molar refractivity (Wildman–Crippen MR) is 142 cm³/mol. The maximum absolute atomic E-state index is 12.8. The molecule has 1 aliphatic heterocycles. The Morgan fingerprint density at radius 2 is 1.75 bits per heavy atom. The number of ether oxygens (including phenoxy) is 1. The van der Waals surface area contributed by atoms with Crippen molar-refractivity contribution in [2.75, 3.05) is 39.3 Å². The van der Waals surface area contributed by atoms with Crippen molar-refractivity contribution in [3.05, 3.63) is 65.7 Å². The maximum Gasteiger partial charge on any atom is 0.260 e. The van der Waals surface area contributed by atoms with Crippen LogP contribution in [0.2, 0.25) is 0 Å². The topological polar surface area (TPSA) is 78.9 Å². The molecule has 1 N–H and O–H groups in total. The molecule has 1 amide bonds. The smallest absolute Gasteiger partial charge is 0.260 e. The number of hydrogen-bond donors (Lipinski definition) is 1. The third kappa shape index (κ3) is 7.41.